The molecule has 1 saturated carbocycles. The van der Waals surface area contributed by atoms with Gasteiger partial charge in [0.05, 0.1) is 12.3 Å². The first-order valence-corrected chi connectivity index (χ1v) is 5.97. The molecule has 17 heavy (non-hydrogen) atoms. The molecule has 1 aliphatic carbocycles. The van der Waals surface area contributed by atoms with Crippen molar-refractivity contribution in [2.75, 3.05) is 19.8 Å². The summed E-state index contributed by atoms with van der Waals surface area (Å²) in [6.07, 6.45) is 2.71. The van der Waals surface area contributed by atoms with Gasteiger partial charge in [-0.15, -0.1) is 12.4 Å². The van der Waals surface area contributed by atoms with Crippen molar-refractivity contribution in [1.29, 1.82) is 0 Å². The predicted molar refractivity (Wildman–Crippen MR) is 68.5 cm³/mol. The van der Waals surface area contributed by atoms with Gasteiger partial charge in [-0.05, 0) is 32.6 Å². The van der Waals surface area contributed by atoms with Crippen molar-refractivity contribution in [2.45, 2.75) is 33.2 Å². The average molecular weight is 261 g/mol. The van der Waals surface area contributed by atoms with Crippen molar-refractivity contribution >= 4 is 12.4 Å². The molecule has 1 N–H and O–H groups in total. The highest BCUT2D eigenvalue weighted by Gasteiger charge is 2.20. The molecule has 1 aromatic rings. The number of hydrogen-bond acceptors (Lipinski definition) is 4. The molecule has 0 bridgehead atoms. The van der Waals surface area contributed by atoms with Gasteiger partial charge in [-0.3, -0.25) is 0 Å². The molecule has 0 spiro atoms. The van der Waals surface area contributed by atoms with Crippen molar-refractivity contribution in [3.63, 3.8) is 0 Å². The first-order valence-electron chi connectivity index (χ1n) is 5.97. The van der Waals surface area contributed by atoms with Crippen LogP contribution < -0.4 is 5.32 Å². The van der Waals surface area contributed by atoms with E-state index in [1.54, 1.807) is 0 Å². The van der Waals surface area contributed by atoms with E-state index < -0.39 is 0 Å². The van der Waals surface area contributed by atoms with E-state index in [2.05, 4.69) is 10.5 Å². The first kappa shape index (κ1) is 14.5. The van der Waals surface area contributed by atoms with Crippen LogP contribution in [-0.2, 0) is 11.3 Å². The molecule has 1 aliphatic rings. The van der Waals surface area contributed by atoms with Gasteiger partial charge >= 0.3 is 0 Å². The maximum absolute atomic E-state index is 5.54. The lowest BCUT2D eigenvalue weighted by atomic mass is 10.2. The van der Waals surface area contributed by atoms with Crippen LogP contribution in [0.4, 0.5) is 0 Å². The second-order valence-corrected chi connectivity index (χ2v) is 4.50. The van der Waals surface area contributed by atoms with Crippen LogP contribution in [0.15, 0.2) is 4.52 Å². The fourth-order valence-corrected chi connectivity index (χ4v) is 1.65. The second-order valence-electron chi connectivity index (χ2n) is 4.50. The van der Waals surface area contributed by atoms with E-state index in [4.69, 9.17) is 9.26 Å². The van der Waals surface area contributed by atoms with Crippen LogP contribution in [0.5, 0.6) is 0 Å². The number of hydrogen-bond donors (Lipinski definition) is 1. The van der Waals surface area contributed by atoms with E-state index >= 15 is 0 Å². The largest absolute Gasteiger partial charge is 0.380 e. The molecule has 1 aromatic heterocycles. The van der Waals surface area contributed by atoms with Crippen LogP contribution in [0.1, 0.15) is 29.9 Å². The van der Waals surface area contributed by atoms with Gasteiger partial charge < -0.3 is 14.6 Å². The number of ether oxygens (including phenoxy) is 1. The third kappa shape index (κ3) is 4.66. The lowest BCUT2D eigenvalue weighted by molar-refractivity contribution is 0.126. The molecule has 98 valence electrons. The standard InChI is InChI=1S/C12H20N2O2.ClH/c1-9-12(10(2)16-14-9)7-13-5-6-15-8-11-3-4-11;/h11,13H,3-8H2,1-2H3;1H. The number of aromatic nitrogens is 1. The molecule has 0 atom stereocenters. The molecular formula is C12H21ClN2O2. The Morgan fingerprint density at radius 3 is 2.76 bits per heavy atom. The minimum absolute atomic E-state index is 0. The van der Waals surface area contributed by atoms with Crippen molar-refractivity contribution < 1.29 is 9.26 Å². The third-order valence-corrected chi connectivity index (χ3v) is 2.96. The van der Waals surface area contributed by atoms with Crippen LogP contribution in [0, 0.1) is 19.8 Å². The summed E-state index contributed by atoms with van der Waals surface area (Å²) >= 11 is 0. The number of nitrogens with zero attached hydrogens (tertiary/aromatic N) is 1. The van der Waals surface area contributed by atoms with Crippen molar-refractivity contribution in [1.82, 2.24) is 10.5 Å². The molecule has 0 aliphatic heterocycles. The Labute approximate surface area is 108 Å². The summed E-state index contributed by atoms with van der Waals surface area (Å²) in [7, 11) is 0. The minimum atomic E-state index is 0. The lowest BCUT2D eigenvalue weighted by Gasteiger charge is -2.05. The summed E-state index contributed by atoms with van der Waals surface area (Å²) in [6.45, 7) is 7.34. The normalized spacial score (nSPS) is 14.7. The quantitative estimate of drug-likeness (QED) is 0.764. The van der Waals surface area contributed by atoms with Gasteiger partial charge in [0.15, 0.2) is 0 Å². The van der Waals surface area contributed by atoms with Gasteiger partial charge in [0, 0.05) is 25.3 Å². The van der Waals surface area contributed by atoms with Crippen LogP contribution in [0.3, 0.4) is 0 Å². The summed E-state index contributed by atoms with van der Waals surface area (Å²) in [5.41, 5.74) is 2.14. The van der Waals surface area contributed by atoms with Crippen molar-refractivity contribution in [3.8, 4) is 0 Å². The lowest BCUT2D eigenvalue weighted by Crippen LogP contribution is -2.20. The van der Waals surface area contributed by atoms with Gasteiger partial charge in [0.25, 0.3) is 0 Å². The highest BCUT2D eigenvalue weighted by atomic mass is 35.5. The Balaban J connectivity index is 0.00000144. The van der Waals surface area contributed by atoms with Crippen LogP contribution >= 0.6 is 12.4 Å². The summed E-state index contributed by atoms with van der Waals surface area (Å²) < 4.78 is 10.6. The fourth-order valence-electron chi connectivity index (χ4n) is 1.65. The predicted octanol–water partition coefficient (Wildman–Crippen LogP) is 2.23. The van der Waals surface area contributed by atoms with E-state index in [0.29, 0.717) is 0 Å². The van der Waals surface area contributed by atoms with Crippen molar-refractivity contribution in [2.24, 2.45) is 5.92 Å². The zero-order chi connectivity index (χ0) is 11.4. The maximum atomic E-state index is 5.54. The van der Waals surface area contributed by atoms with Gasteiger partial charge in [-0.25, -0.2) is 0 Å². The molecule has 1 heterocycles. The molecular weight excluding hydrogens is 240 g/mol. The molecule has 1 fully saturated rings. The molecule has 2 rings (SSSR count). The summed E-state index contributed by atoms with van der Waals surface area (Å²) in [5.74, 6) is 1.76. The zero-order valence-electron chi connectivity index (χ0n) is 10.5. The van der Waals surface area contributed by atoms with Crippen LogP contribution in [0.2, 0.25) is 0 Å². The molecule has 0 amide bonds. The highest BCUT2D eigenvalue weighted by molar-refractivity contribution is 5.85. The number of rotatable bonds is 7. The summed E-state index contributed by atoms with van der Waals surface area (Å²) in [5, 5.41) is 7.26. The Morgan fingerprint density at radius 1 is 1.41 bits per heavy atom. The third-order valence-electron chi connectivity index (χ3n) is 2.96. The van der Waals surface area contributed by atoms with E-state index in [1.165, 1.54) is 18.4 Å². The first-order chi connectivity index (χ1) is 7.77. The Morgan fingerprint density at radius 2 is 2.18 bits per heavy atom. The van der Waals surface area contributed by atoms with E-state index in [1.807, 2.05) is 13.8 Å². The highest BCUT2D eigenvalue weighted by Crippen LogP contribution is 2.28. The van der Waals surface area contributed by atoms with Crippen LogP contribution in [-0.4, -0.2) is 24.9 Å². The van der Waals surface area contributed by atoms with E-state index in [9.17, 15) is 0 Å². The van der Waals surface area contributed by atoms with Gasteiger partial charge in [0.2, 0.25) is 0 Å². The van der Waals surface area contributed by atoms with Crippen molar-refractivity contribution in [3.05, 3.63) is 17.0 Å². The maximum Gasteiger partial charge on any atom is 0.138 e. The topological polar surface area (TPSA) is 47.3 Å². The monoisotopic (exact) mass is 260 g/mol. The molecule has 0 radical (unpaired) electrons. The Kier molecular flexibility index (Phi) is 5.95. The fraction of sp³-hybridized carbons (Fsp3) is 0.750. The second kappa shape index (κ2) is 6.99. The summed E-state index contributed by atoms with van der Waals surface area (Å²) in [6, 6.07) is 0. The van der Waals surface area contributed by atoms with E-state index in [0.717, 1.165) is 43.7 Å². The zero-order valence-corrected chi connectivity index (χ0v) is 11.3. The minimum Gasteiger partial charge on any atom is -0.380 e. The molecule has 0 unspecified atom stereocenters. The van der Waals surface area contributed by atoms with Gasteiger partial charge in [-0.2, -0.15) is 0 Å². The molecule has 5 heteroatoms. The summed E-state index contributed by atoms with van der Waals surface area (Å²) in [4.78, 5) is 0. The number of nitrogens with one attached hydrogen (secondary N) is 1. The number of aryl methyl sites for hydroxylation is 2. The Bertz CT molecular complexity index is 318. The van der Waals surface area contributed by atoms with Gasteiger partial charge in [0.1, 0.15) is 5.76 Å². The van der Waals surface area contributed by atoms with Crippen LogP contribution in [0.25, 0.3) is 0 Å². The molecule has 0 saturated heterocycles. The average Bonchev–Trinajstić information content (AvgIpc) is 3.03. The number of halogens is 1. The smallest absolute Gasteiger partial charge is 0.138 e. The van der Waals surface area contributed by atoms with E-state index in [-0.39, 0.29) is 12.4 Å². The molecule has 4 nitrogen and oxygen atoms in total. The SMILES string of the molecule is Cc1noc(C)c1CNCCOCC1CC1.Cl. The van der Waals surface area contributed by atoms with Gasteiger partial charge in [-0.1, -0.05) is 5.16 Å². The Hall–Kier alpha value is -0.580. The molecule has 0 aromatic carbocycles.